The van der Waals surface area contributed by atoms with Crippen molar-refractivity contribution in [2.24, 2.45) is 0 Å². The number of aromatic nitrogens is 1. The molecule has 0 saturated carbocycles. The Morgan fingerprint density at radius 1 is 1.00 bits per heavy atom. The van der Waals surface area contributed by atoms with E-state index in [1.807, 2.05) is 18.2 Å². The number of hydrogen-bond donors (Lipinski definition) is 2. The normalized spacial score (nSPS) is 10.3. The minimum atomic E-state index is -0.162. The third kappa shape index (κ3) is 8.23. The fourth-order valence-corrected chi connectivity index (χ4v) is 3.11. The Morgan fingerprint density at radius 2 is 1.45 bits per heavy atom. The van der Waals surface area contributed by atoms with Crippen molar-refractivity contribution < 1.29 is 19.3 Å². The van der Waals surface area contributed by atoms with Gasteiger partial charge in [0, 0.05) is 24.3 Å². The molecule has 2 amide bonds. The van der Waals surface area contributed by atoms with Gasteiger partial charge in [0.05, 0.1) is 24.3 Å². The van der Waals surface area contributed by atoms with Crippen molar-refractivity contribution in [1.29, 1.82) is 0 Å². The van der Waals surface area contributed by atoms with Crippen LogP contribution in [0.15, 0.2) is 28.3 Å². The highest BCUT2D eigenvalue weighted by molar-refractivity contribution is 7.99. The molecule has 22 heavy (non-hydrogen) atoms. The van der Waals surface area contributed by atoms with E-state index in [1.165, 1.54) is 37.7 Å². The van der Waals surface area contributed by atoms with Gasteiger partial charge in [-0.25, -0.2) is 15.9 Å². The predicted octanol–water partition coefficient (Wildman–Crippen LogP) is 1.40. The van der Waals surface area contributed by atoms with Crippen LogP contribution in [0.5, 0.6) is 0 Å². The lowest BCUT2D eigenvalue weighted by molar-refractivity contribution is -0.131. The molecule has 0 aliphatic carbocycles. The minimum Gasteiger partial charge on any atom is -0.277 e. The lowest BCUT2D eigenvalue weighted by Crippen LogP contribution is -2.21. The Labute approximate surface area is 137 Å². The van der Waals surface area contributed by atoms with Crippen LogP contribution in [0.25, 0.3) is 0 Å². The molecule has 0 saturated heterocycles. The number of thioether (sulfide) groups is 2. The molecule has 1 rings (SSSR count). The van der Waals surface area contributed by atoms with Crippen LogP contribution < -0.4 is 11.0 Å². The first-order valence-corrected chi connectivity index (χ1v) is 8.49. The Morgan fingerprint density at radius 3 is 1.86 bits per heavy atom. The van der Waals surface area contributed by atoms with Gasteiger partial charge in [0.1, 0.15) is 0 Å². The summed E-state index contributed by atoms with van der Waals surface area (Å²) in [7, 11) is 2.81. The molecule has 2 N–H and O–H groups in total. The van der Waals surface area contributed by atoms with Gasteiger partial charge in [-0.2, -0.15) is 0 Å². The molecule has 0 aromatic carbocycles. The predicted molar refractivity (Wildman–Crippen MR) is 85.2 cm³/mol. The lowest BCUT2D eigenvalue weighted by Gasteiger charge is -2.05. The smallest absolute Gasteiger partial charge is 0.244 e. The second-order valence-corrected chi connectivity index (χ2v) is 6.20. The molecule has 0 aliphatic heterocycles. The van der Waals surface area contributed by atoms with Gasteiger partial charge in [-0.15, -0.1) is 23.5 Å². The van der Waals surface area contributed by atoms with Crippen LogP contribution >= 0.6 is 23.5 Å². The van der Waals surface area contributed by atoms with Crippen LogP contribution in [-0.4, -0.2) is 42.5 Å². The van der Waals surface area contributed by atoms with Gasteiger partial charge in [0.25, 0.3) is 0 Å². The summed E-state index contributed by atoms with van der Waals surface area (Å²) < 4.78 is 0. The molecule has 1 aromatic rings. The summed E-state index contributed by atoms with van der Waals surface area (Å²) >= 11 is 2.99. The average molecular weight is 345 g/mol. The molecule has 0 bridgehead atoms. The van der Waals surface area contributed by atoms with Crippen molar-refractivity contribution in [1.82, 2.24) is 15.9 Å². The van der Waals surface area contributed by atoms with Crippen LogP contribution in [0.2, 0.25) is 0 Å². The Hall–Kier alpha value is -1.29. The van der Waals surface area contributed by atoms with E-state index in [0.717, 1.165) is 10.1 Å². The molecule has 0 radical (unpaired) electrons. The van der Waals surface area contributed by atoms with Crippen LogP contribution in [0, 0.1) is 0 Å². The molecule has 0 fully saturated rings. The van der Waals surface area contributed by atoms with Gasteiger partial charge < -0.3 is 0 Å². The topological polar surface area (TPSA) is 89.5 Å². The number of nitrogens with one attached hydrogen (secondary N) is 2. The molecule has 9 heteroatoms. The highest BCUT2D eigenvalue weighted by atomic mass is 32.2. The first-order valence-electron chi connectivity index (χ1n) is 6.52. The molecular formula is C13H19N3O4S2. The fraction of sp³-hybridized carbons (Fsp3) is 0.462. The van der Waals surface area contributed by atoms with E-state index in [4.69, 9.17) is 0 Å². The maximum Gasteiger partial charge on any atom is 0.244 e. The van der Waals surface area contributed by atoms with E-state index < -0.39 is 0 Å². The van der Waals surface area contributed by atoms with Crippen LogP contribution in [-0.2, 0) is 19.3 Å². The fourth-order valence-electron chi connectivity index (χ4n) is 1.38. The van der Waals surface area contributed by atoms with E-state index in [1.54, 1.807) is 0 Å². The monoisotopic (exact) mass is 345 g/mol. The molecule has 1 aromatic heterocycles. The first kappa shape index (κ1) is 18.8. The third-order valence-electron chi connectivity index (χ3n) is 2.29. The van der Waals surface area contributed by atoms with Gasteiger partial charge in [0.2, 0.25) is 11.8 Å². The van der Waals surface area contributed by atoms with Gasteiger partial charge in [-0.3, -0.25) is 19.3 Å². The van der Waals surface area contributed by atoms with Gasteiger partial charge >= 0.3 is 0 Å². The van der Waals surface area contributed by atoms with Gasteiger partial charge in [-0.05, 0) is 12.1 Å². The zero-order valence-electron chi connectivity index (χ0n) is 12.5. The quantitative estimate of drug-likeness (QED) is 0.489. The van der Waals surface area contributed by atoms with Crippen LogP contribution in [0.3, 0.4) is 0 Å². The maximum absolute atomic E-state index is 11.2. The van der Waals surface area contributed by atoms with Gasteiger partial charge in [0.15, 0.2) is 0 Å². The highest BCUT2D eigenvalue weighted by Gasteiger charge is 2.05. The Balaban J connectivity index is 2.32. The lowest BCUT2D eigenvalue weighted by atomic mass is 10.5. The number of hydrogen-bond acceptors (Lipinski definition) is 7. The number of nitrogens with zero attached hydrogens (tertiary/aromatic N) is 1. The van der Waals surface area contributed by atoms with E-state index in [0.29, 0.717) is 24.3 Å². The second kappa shape index (κ2) is 11.3. The SMILES string of the molecule is CONC(=O)CCSc1cccc(SCCC(=O)NOC)n1. The summed E-state index contributed by atoms with van der Waals surface area (Å²) in [5, 5.41) is 1.69. The second-order valence-electron chi connectivity index (χ2n) is 3.97. The largest absolute Gasteiger partial charge is 0.277 e. The van der Waals surface area contributed by atoms with E-state index >= 15 is 0 Å². The van der Waals surface area contributed by atoms with Crippen molar-refractivity contribution in [2.75, 3.05) is 25.7 Å². The number of pyridine rings is 1. The van der Waals surface area contributed by atoms with Crippen molar-refractivity contribution >= 4 is 35.3 Å². The summed E-state index contributed by atoms with van der Waals surface area (Å²) in [6.07, 6.45) is 0.712. The molecule has 0 spiro atoms. The van der Waals surface area contributed by atoms with Crippen molar-refractivity contribution in [3.05, 3.63) is 18.2 Å². The van der Waals surface area contributed by atoms with E-state index in [-0.39, 0.29) is 11.8 Å². The number of carbonyl (C=O) groups is 2. The summed E-state index contributed by atoms with van der Waals surface area (Å²) in [5.41, 5.74) is 4.53. The summed E-state index contributed by atoms with van der Waals surface area (Å²) in [4.78, 5) is 36.0. The van der Waals surface area contributed by atoms with Crippen molar-refractivity contribution in [3.63, 3.8) is 0 Å². The van der Waals surface area contributed by atoms with Crippen molar-refractivity contribution in [3.8, 4) is 0 Å². The maximum atomic E-state index is 11.2. The van der Waals surface area contributed by atoms with Crippen molar-refractivity contribution in [2.45, 2.75) is 22.9 Å². The molecule has 0 aliphatic rings. The van der Waals surface area contributed by atoms with Crippen LogP contribution in [0.1, 0.15) is 12.8 Å². The number of amides is 2. The Kier molecular flexibility index (Phi) is 9.64. The summed E-state index contributed by atoms with van der Waals surface area (Å²) in [6, 6.07) is 5.68. The molecule has 122 valence electrons. The zero-order chi connectivity index (χ0) is 16.2. The summed E-state index contributed by atoms with van der Waals surface area (Å²) in [6.45, 7) is 0. The standard InChI is InChI=1S/C13H19N3O4S2/c1-19-15-10(17)6-8-21-12-4-3-5-13(14-12)22-9-7-11(18)16-20-2/h3-5H,6-9H2,1-2H3,(H,15,17)(H,16,18). The molecular weight excluding hydrogens is 326 g/mol. The highest BCUT2D eigenvalue weighted by Crippen LogP contribution is 2.22. The molecule has 0 unspecified atom stereocenters. The van der Waals surface area contributed by atoms with E-state index in [9.17, 15) is 9.59 Å². The van der Waals surface area contributed by atoms with Gasteiger partial charge in [-0.1, -0.05) is 6.07 Å². The number of carbonyl (C=O) groups excluding carboxylic acids is 2. The summed E-state index contributed by atoms with van der Waals surface area (Å²) in [5.74, 6) is 0.911. The first-order chi connectivity index (χ1) is 10.7. The average Bonchev–Trinajstić information content (AvgIpc) is 2.48. The molecule has 0 atom stereocenters. The molecule has 1 heterocycles. The number of rotatable bonds is 10. The number of hydroxylamine groups is 2. The zero-order valence-corrected chi connectivity index (χ0v) is 14.1. The Bertz CT molecular complexity index is 449. The minimum absolute atomic E-state index is 0.162. The van der Waals surface area contributed by atoms with Crippen LogP contribution in [0.4, 0.5) is 0 Å². The third-order valence-corrected chi connectivity index (χ3v) is 4.15. The van der Waals surface area contributed by atoms with E-state index in [2.05, 4.69) is 25.6 Å². The molecule has 7 nitrogen and oxygen atoms in total.